The summed E-state index contributed by atoms with van der Waals surface area (Å²) in [7, 11) is 1.33. The number of rotatable bonds is 8. The van der Waals surface area contributed by atoms with Gasteiger partial charge >= 0.3 is 11.9 Å². The third kappa shape index (κ3) is 6.39. The number of ether oxygens (including phenoxy) is 7. The molecule has 3 aliphatic heterocycles. The van der Waals surface area contributed by atoms with Gasteiger partial charge in [0.05, 0.1) is 24.4 Å². The molecule has 15 heteroatoms. The van der Waals surface area contributed by atoms with E-state index < -0.39 is 103 Å². The minimum atomic E-state index is -1.62. The van der Waals surface area contributed by atoms with Crippen LogP contribution in [-0.2, 0) is 42.7 Å². The van der Waals surface area contributed by atoms with Crippen LogP contribution in [0.5, 0.6) is 0 Å². The van der Waals surface area contributed by atoms with E-state index in [2.05, 4.69) is 13.8 Å². The van der Waals surface area contributed by atoms with Crippen LogP contribution < -0.4 is 0 Å². The number of methoxy groups -OCH3 is 1. The molecule has 0 aromatic rings. The fourth-order valence-electron chi connectivity index (χ4n) is 12.0. The van der Waals surface area contributed by atoms with Gasteiger partial charge in [0.15, 0.2) is 12.6 Å². The first kappa shape index (κ1) is 39.5. The molecule has 53 heavy (non-hydrogen) atoms. The molecule has 4 saturated carbocycles. The molecule has 7 aliphatic rings. The fraction of sp³-hybridized carbons (Fsp3) is 0.895. The van der Waals surface area contributed by atoms with Crippen molar-refractivity contribution in [2.24, 2.45) is 34.5 Å². The zero-order valence-corrected chi connectivity index (χ0v) is 31.2. The summed E-state index contributed by atoms with van der Waals surface area (Å²) in [5.74, 6) is -0.609. The number of fused-ring (bicyclic) bond motifs is 5. The number of hydrogen-bond donors (Lipinski definition) is 6. The van der Waals surface area contributed by atoms with E-state index >= 15 is 0 Å². The van der Waals surface area contributed by atoms with Crippen LogP contribution in [0.3, 0.4) is 0 Å². The van der Waals surface area contributed by atoms with Crippen molar-refractivity contribution in [3.8, 4) is 0 Å². The first-order valence-corrected chi connectivity index (χ1v) is 19.3. The molecule has 19 atom stereocenters. The number of cyclic esters (lactones) is 1. The first-order valence-electron chi connectivity index (χ1n) is 19.3. The van der Waals surface area contributed by atoms with Crippen LogP contribution in [0.1, 0.15) is 79.1 Å². The number of carbonyl (C=O) groups is 2. The van der Waals surface area contributed by atoms with Gasteiger partial charge in [-0.3, -0.25) is 4.79 Å². The third-order valence-electron chi connectivity index (χ3n) is 14.8. The van der Waals surface area contributed by atoms with Gasteiger partial charge < -0.3 is 63.8 Å². The van der Waals surface area contributed by atoms with Crippen LogP contribution in [0, 0.1) is 34.5 Å². The lowest BCUT2D eigenvalue weighted by Crippen LogP contribution is -2.66. The minimum absolute atomic E-state index is 0.0281. The van der Waals surface area contributed by atoms with E-state index in [0.29, 0.717) is 19.3 Å². The maximum Gasteiger partial charge on any atom is 0.331 e. The average Bonchev–Trinajstić information content (AvgIpc) is 3.66. The highest BCUT2D eigenvalue weighted by Gasteiger charge is 2.69. The molecular formula is C38H58O15. The van der Waals surface area contributed by atoms with Crippen LogP contribution in [0.4, 0.5) is 0 Å². The molecule has 0 aromatic carbocycles. The molecular weight excluding hydrogens is 696 g/mol. The number of aliphatic hydroxyl groups is 6. The summed E-state index contributed by atoms with van der Waals surface area (Å²) in [6, 6.07) is 0. The molecule has 0 aromatic heterocycles. The number of esters is 2. The highest BCUT2D eigenvalue weighted by molar-refractivity contribution is 5.85. The Balaban J connectivity index is 1.06. The zero-order valence-electron chi connectivity index (χ0n) is 31.2. The van der Waals surface area contributed by atoms with E-state index in [1.807, 2.05) is 0 Å². The Kier molecular flexibility index (Phi) is 10.9. The predicted molar refractivity (Wildman–Crippen MR) is 181 cm³/mol. The van der Waals surface area contributed by atoms with Crippen LogP contribution >= 0.6 is 0 Å². The summed E-state index contributed by atoms with van der Waals surface area (Å²) in [6.07, 6.45) is -6.95. The molecule has 0 bridgehead atoms. The quantitative estimate of drug-likeness (QED) is 0.147. The van der Waals surface area contributed by atoms with Crippen molar-refractivity contribution < 1.29 is 73.4 Å². The Morgan fingerprint density at radius 3 is 2.30 bits per heavy atom. The van der Waals surface area contributed by atoms with Crippen LogP contribution in [0.15, 0.2) is 11.6 Å². The predicted octanol–water partition coefficient (Wildman–Crippen LogP) is 0.476. The van der Waals surface area contributed by atoms with Gasteiger partial charge in [-0.1, -0.05) is 13.8 Å². The smallest absolute Gasteiger partial charge is 0.331 e. The molecule has 2 saturated heterocycles. The Bertz CT molecular complexity index is 1410. The fourth-order valence-corrected chi connectivity index (χ4v) is 12.0. The molecule has 300 valence electrons. The van der Waals surface area contributed by atoms with Crippen molar-refractivity contribution in [1.29, 1.82) is 0 Å². The molecule has 0 radical (unpaired) electrons. The van der Waals surface area contributed by atoms with E-state index in [-0.39, 0.29) is 36.2 Å². The Morgan fingerprint density at radius 1 is 0.906 bits per heavy atom. The summed E-state index contributed by atoms with van der Waals surface area (Å²) >= 11 is 0. The second-order valence-electron chi connectivity index (χ2n) is 17.2. The molecule has 0 spiro atoms. The summed E-state index contributed by atoms with van der Waals surface area (Å²) < 4.78 is 40.5. The van der Waals surface area contributed by atoms with Gasteiger partial charge in [0, 0.05) is 37.4 Å². The Morgan fingerprint density at radius 2 is 1.64 bits per heavy atom. The summed E-state index contributed by atoms with van der Waals surface area (Å²) in [5.41, 5.74) is -0.876. The molecule has 3 heterocycles. The zero-order chi connectivity index (χ0) is 38.2. The van der Waals surface area contributed by atoms with Crippen LogP contribution in [0.25, 0.3) is 0 Å². The van der Waals surface area contributed by atoms with Crippen molar-refractivity contribution in [2.45, 2.75) is 158 Å². The van der Waals surface area contributed by atoms with Crippen molar-refractivity contribution >= 4 is 11.9 Å². The highest BCUT2D eigenvalue weighted by Crippen LogP contribution is 2.70. The Hall–Kier alpha value is -1.76. The standard InChI is InChI=1S/C38H58O15/c1-17-28(42)33(47-5)31(45)35(49-17)53-32-25(15-39)52-34(30(44)29(32)43)51-21-13-20-6-7-24-23(37(20,4)26(14-21)50-18(2)40)8-10-36(3)22(9-11-38(24,36)46)19-12-27(41)48-16-19/h12,17,20-26,28-35,39,42-46H,6-11,13-16H2,1-5H3/t17-,20-,21+,22+,23-,24+,25-,26+,28+,29-,30+,31+,32+,33+,34+,35+,36+,37-,38-/m0/s1. The number of aliphatic hydroxyl groups excluding tert-OH is 5. The van der Waals surface area contributed by atoms with E-state index in [9.17, 15) is 40.2 Å². The lowest BCUT2D eigenvalue weighted by molar-refractivity contribution is -0.363. The lowest BCUT2D eigenvalue weighted by atomic mass is 9.42. The molecule has 6 N–H and O–H groups in total. The summed E-state index contributed by atoms with van der Waals surface area (Å²) in [4.78, 5) is 24.6. The van der Waals surface area contributed by atoms with Gasteiger partial charge in [-0.15, -0.1) is 0 Å². The van der Waals surface area contributed by atoms with Crippen molar-refractivity contribution in [1.82, 2.24) is 0 Å². The summed E-state index contributed by atoms with van der Waals surface area (Å²) in [6.45, 7) is 6.96. The van der Waals surface area contributed by atoms with Gasteiger partial charge in [-0.25, -0.2) is 4.79 Å². The molecule has 15 nitrogen and oxygen atoms in total. The van der Waals surface area contributed by atoms with E-state index in [1.165, 1.54) is 14.0 Å². The monoisotopic (exact) mass is 754 g/mol. The van der Waals surface area contributed by atoms with Crippen LogP contribution in [0.2, 0.25) is 0 Å². The topological polar surface area (TPSA) is 220 Å². The number of hydrogen-bond acceptors (Lipinski definition) is 15. The second-order valence-corrected chi connectivity index (χ2v) is 17.2. The van der Waals surface area contributed by atoms with Crippen LogP contribution in [-0.4, -0.2) is 142 Å². The van der Waals surface area contributed by atoms with Crippen molar-refractivity contribution in [3.63, 3.8) is 0 Å². The first-order chi connectivity index (χ1) is 25.1. The van der Waals surface area contributed by atoms with Gasteiger partial charge in [-0.2, -0.15) is 0 Å². The number of carbonyl (C=O) groups excluding carboxylic acids is 2. The normalized spacial score (nSPS) is 52.5. The molecule has 7 rings (SSSR count). The van der Waals surface area contributed by atoms with Gasteiger partial charge in [0.2, 0.25) is 0 Å². The highest BCUT2D eigenvalue weighted by atomic mass is 16.7. The maximum absolute atomic E-state index is 12.7. The molecule has 0 unspecified atom stereocenters. The Labute approximate surface area is 309 Å². The maximum atomic E-state index is 12.7. The van der Waals surface area contributed by atoms with Crippen molar-refractivity contribution in [3.05, 3.63) is 11.6 Å². The lowest BCUT2D eigenvalue weighted by Gasteiger charge is -2.65. The molecule has 6 fully saturated rings. The SMILES string of the molecule is CO[C@H]1[C@@H](O)[C@@H](O[C@H]2[C@@H](O)[C@@H](O)[C@H](O[C@@H]3C[C@@H]4CC[C@@H]5[C@H](CC[C@]6(C)[C@@H](C7=CC(=O)OC7)CC[C@]56O)[C@@]4(C)[C@H](OC(C)=O)C3)O[C@H]2CO)O[C@@H](C)[C@H]1O. The minimum Gasteiger partial charge on any atom is -0.462 e. The molecule has 0 amide bonds. The van der Waals surface area contributed by atoms with Gasteiger partial charge in [0.1, 0.15) is 55.4 Å². The van der Waals surface area contributed by atoms with E-state index in [4.69, 9.17) is 33.2 Å². The van der Waals surface area contributed by atoms with Crippen molar-refractivity contribution in [2.75, 3.05) is 20.3 Å². The van der Waals surface area contributed by atoms with Gasteiger partial charge in [0.25, 0.3) is 0 Å². The average molecular weight is 755 g/mol. The second kappa shape index (κ2) is 14.6. The largest absolute Gasteiger partial charge is 0.462 e. The molecule has 4 aliphatic carbocycles. The van der Waals surface area contributed by atoms with E-state index in [0.717, 1.165) is 37.7 Å². The third-order valence-corrected chi connectivity index (χ3v) is 14.8. The van der Waals surface area contributed by atoms with Gasteiger partial charge in [-0.05, 0) is 81.1 Å². The summed E-state index contributed by atoms with van der Waals surface area (Å²) in [5, 5.41) is 66.6. The van der Waals surface area contributed by atoms with E-state index in [1.54, 1.807) is 13.0 Å².